The number of benzene rings is 1. The van der Waals surface area contributed by atoms with E-state index in [1.54, 1.807) is 18.2 Å². The number of amides is 2. The zero-order valence-electron chi connectivity index (χ0n) is 14.5. The second-order valence-corrected chi connectivity index (χ2v) is 7.36. The van der Waals surface area contributed by atoms with Gasteiger partial charge in [0.05, 0.1) is 20.6 Å². The van der Waals surface area contributed by atoms with Crippen molar-refractivity contribution in [2.75, 3.05) is 5.01 Å². The fraction of sp³-hybridized carbons (Fsp3) is 0.111. The van der Waals surface area contributed by atoms with E-state index in [1.807, 2.05) is 42.7 Å². The molecule has 140 valence electrons. The lowest BCUT2D eigenvalue weighted by molar-refractivity contribution is 0.246. The third-order valence-corrected chi connectivity index (χ3v) is 5.15. The Labute approximate surface area is 165 Å². The smallest absolute Gasteiger partial charge is 0.350 e. The average Bonchev–Trinajstić information content (AvgIpc) is 3.12. The van der Waals surface area contributed by atoms with Crippen LogP contribution in [0.3, 0.4) is 0 Å². The summed E-state index contributed by atoms with van der Waals surface area (Å²) >= 11 is 7.44. The summed E-state index contributed by atoms with van der Waals surface area (Å²) in [6.07, 6.45) is 0. The molecule has 1 aromatic carbocycles. The van der Waals surface area contributed by atoms with Gasteiger partial charge >= 0.3 is 6.03 Å². The van der Waals surface area contributed by atoms with Gasteiger partial charge < -0.3 is 4.74 Å². The summed E-state index contributed by atoms with van der Waals surface area (Å²) in [6.45, 7) is 2.10. The van der Waals surface area contributed by atoms with Crippen LogP contribution in [0.15, 0.2) is 48.5 Å². The van der Waals surface area contributed by atoms with E-state index in [9.17, 15) is 4.79 Å². The average molecular weight is 404 g/mol. The second kappa shape index (κ2) is 8.36. The Morgan fingerprint density at radius 1 is 1.26 bits per heavy atom. The fourth-order valence-electron chi connectivity index (χ4n) is 2.51. The quantitative estimate of drug-likeness (QED) is 0.342. The molecule has 2 heterocycles. The lowest BCUT2D eigenvalue weighted by atomic mass is 10.1. The molecule has 7 nitrogen and oxygen atoms in total. The number of aryl methyl sites for hydroxylation is 1. The highest BCUT2D eigenvalue weighted by atomic mass is 35.5. The van der Waals surface area contributed by atoms with Crippen molar-refractivity contribution < 1.29 is 9.53 Å². The summed E-state index contributed by atoms with van der Waals surface area (Å²) in [4.78, 5) is 17.2. The largest absolute Gasteiger partial charge is 0.473 e. The molecule has 0 saturated heterocycles. The number of rotatable bonds is 5. The standard InChI is InChI=1S/C18H18ClN5O2S/c1-11-4-2-6-14(24(21)18(25)23-20)12(11)10-26-17-7-3-5-13(22-17)15-8-9-16(19)27-15/h2-9H,10,20-21H2,1H3,(H,23,25). The van der Waals surface area contributed by atoms with Crippen molar-refractivity contribution in [1.29, 1.82) is 0 Å². The molecule has 0 radical (unpaired) electrons. The highest BCUT2D eigenvalue weighted by Crippen LogP contribution is 2.31. The maximum atomic E-state index is 11.8. The van der Waals surface area contributed by atoms with Gasteiger partial charge in [-0.2, -0.15) is 0 Å². The number of halogens is 1. The van der Waals surface area contributed by atoms with Gasteiger partial charge in [0.2, 0.25) is 5.88 Å². The number of hydrazine groups is 2. The van der Waals surface area contributed by atoms with Gasteiger partial charge in [0.15, 0.2) is 0 Å². The first-order valence-electron chi connectivity index (χ1n) is 7.99. The number of pyridine rings is 1. The number of nitrogens with two attached hydrogens (primary N) is 2. The summed E-state index contributed by atoms with van der Waals surface area (Å²) in [5.41, 5.74) is 4.97. The number of carbonyl (C=O) groups is 1. The fourth-order valence-corrected chi connectivity index (χ4v) is 3.52. The van der Waals surface area contributed by atoms with E-state index >= 15 is 0 Å². The molecule has 2 amide bonds. The van der Waals surface area contributed by atoms with Gasteiger partial charge in [-0.1, -0.05) is 29.8 Å². The summed E-state index contributed by atoms with van der Waals surface area (Å²) in [7, 11) is 0. The SMILES string of the molecule is Cc1cccc(N(N)C(=O)NN)c1COc1cccc(-c2ccc(Cl)s2)n1. The number of carbonyl (C=O) groups excluding carboxylic acids is 1. The normalized spacial score (nSPS) is 10.5. The van der Waals surface area contributed by atoms with Crippen LogP contribution in [0.5, 0.6) is 5.88 Å². The third-order valence-electron chi connectivity index (χ3n) is 3.90. The highest BCUT2D eigenvalue weighted by molar-refractivity contribution is 7.19. The van der Waals surface area contributed by atoms with Crippen LogP contribution in [-0.2, 0) is 6.61 Å². The van der Waals surface area contributed by atoms with Gasteiger partial charge in [-0.05, 0) is 36.8 Å². The third kappa shape index (κ3) is 4.37. The predicted octanol–water partition coefficient (Wildman–Crippen LogP) is 3.61. The number of nitrogens with zero attached hydrogens (tertiary/aromatic N) is 2. The van der Waals surface area contributed by atoms with Gasteiger partial charge in [0.1, 0.15) is 6.61 Å². The van der Waals surface area contributed by atoms with E-state index in [0.29, 0.717) is 15.9 Å². The van der Waals surface area contributed by atoms with Crippen molar-refractivity contribution in [1.82, 2.24) is 10.4 Å². The molecule has 27 heavy (non-hydrogen) atoms. The number of urea groups is 1. The zero-order chi connectivity index (χ0) is 19.4. The molecule has 3 rings (SSSR count). The molecular formula is C18H18ClN5O2S. The lowest BCUT2D eigenvalue weighted by Gasteiger charge is -2.21. The van der Waals surface area contributed by atoms with Crippen molar-refractivity contribution in [2.45, 2.75) is 13.5 Å². The van der Waals surface area contributed by atoms with Crippen LogP contribution in [0.25, 0.3) is 10.6 Å². The van der Waals surface area contributed by atoms with Gasteiger partial charge in [0.25, 0.3) is 0 Å². The minimum absolute atomic E-state index is 0.190. The highest BCUT2D eigenvalue weighted by Gasteiger charge is 2.16. The van der Waals surface area contributed by atoms with E-state index in [4.69, 9.17) is 28.0 Å². The number of nitrogens with one attached hydrogen (secondary N) is 1. The molecule has 0 atom stereocenters. The van der Waals surface area contributed by atoms with Crippen LogP contribution in [-0.4, -0.2) is 11.0 Å². The molecule has 0 unspecified atom stereocenters. The molecule has 0 aliphatic rings. The predicted molar refractivity (Wildman–Crippen MR) is 107 cm³/mol. The van der Waals surface area contributed by atoms with Crippen LogP contribution in [0, 0.1) is 6.92 Å². The molecule has 0 fully saturated rings. The first-order chi connectivity index (χ1) is 13.0. The zero-order valence-corrected chi connectivity index (χ0v) is 16.1. The minimum Gasteiger partial charge on any atom is -0.473 e. The van der Waals surface area contributed by atoms with Crippen molar-refractivity contribution in [2.24, 2.45) is 11.7 Å². The van der Waals surface area contributed by atoms with Gasteiger partial charge in [-0.25, -0.2) is 26.5 Å². The van der Waals surface area contributed by atoms with Crippen molar-refractivity contribution in [3.05, 3.63) is 64.0 Å². The second-order valence-electron chi connectivity index (χ2n) is 5.65. The van der Waals surface area contributed by atoms with Crippen LogP contribution in [0.2, 0.25) is 4.34 Å². The molecule has 0 spiro atoms. The summed E-state index contributed by atoms with van der Waals surface area (Å²) in [5.74, 6) is 11.5. The van der Waals surface area contributed by atoms with Crippen molar-refractivity contribution in [3.8, 4) is 16.5 Å². The molecule has 9 heteroatoms. The van der Waals surface area contributed by atoms with Crippen LogP contribution in [0.4, 0.5) is 10.5 Å². The van der Waals surface area contributed by atoms with Gasteiger partial charge in [0, 0.05) is 11.6 Å². The van der Waals surface area contributed by atoms with Gasteiger partial charge in [-0.15, -0.1) is 11.3 Å². The van der Waals surface area contributed by atoms with Gasteiger partial charge in [-0.3, -0.25) is 5.43 Å². The minimum atomic E-state index is -0.628. The van der Waals surface area contributed by atoms with Crippen molar-refractivity contribution in [3.63, 3.8) is 0 Å². The van der Waals surface area contributed by atoms with Crippen LogP contribution in [0.1, 0.15) is 11.1 Å². The van der Waals surface area contributed by atoms with E-state index in [0.717, 1.165) is 26.7 Å². The van der Waals surface area contributed by atoms with Crippen LogP contribution < -0.4 is 26.9 Å². The maximum absolute atomic E-state index is 11.8. The first-order valence-corrected chi connectivity index (χ1v) is 9.18. The number of hydrogen-bond donors (Lipinski definition) is 3. The number of hydrogen-bond acceptors (Lipinski definition) is 6. The first kappa shape index (κ1) is 19.1. The molecule has 0 aliphatic heterocycles. The molecule has 0 aliphatic carbocycles. The molecule has 5 N–H and O–H groups in total. The Morgan fingerprint density at radius 2 is 2.04 bits per heavy atom. The molecule has 3 aromatic rings. The maximum Gasteiger partial charge on any atom is 0.350 e. The monoisotopic (exact) mass is 403 g/mol. The molecule has 0 bridgehead atoms. The molecule has 0 saturated carbocycles. The van der Waals surface area contributed by atoms with E-state index < -0.39 is 6.03 Å². The Morgan fingerprint density at radius 3 is 2.74 bits per heavy atom. The number of aromatic nitrogens is 1. The Hall–Kier alpha value is -2.65. The number of thiophene rings is 1. The summed E-state index contributed by atoms with van der Waals surface area (Å²) in [6, 6.07) is 14.1. The van der Waals surface area contributed by atoms with E-state index in [-0.39, 0.29) is 6.61 Å². The summed E-state index contributed by atoms with van der Waals surface area (Å²) < 4.78 is 6.56. The number of anilines is 1. The summed E-state index contributed by atoms with van der Waals surface area (Å²) in [5, 5.41) is 0.948. The molecular weight excluding hydrogens is 386 g/mol. The lowest BCUT2D eigenvalue weighted by Crippen LogP contribution is -2.48. The Bertz CT molecular complexity index is 962. The number of ether oxygens (including phenoxy) is 1. The van der Waals surface area contributed by atoms with Crippen LogP contribution >= 0.6 is 22.9 Å². The topological polar surface area (TPSA) is 106 Å². The van der Waals surface area contributed by atoms with Crippen molar-refractivity contribution >= 4 is 34.7 Å². The Kier molecular flexibility index (Phi) is 5.92. The Balaban J connectivity index is 1.82. The van der Waals surface area contributed by atoms with E-state index in [1.165, 1.54) is 11.3 Å². The van der Waals surface area contributed by atoms with E-state index in [2.05, 4.69) is 4.98 Å². The molecule has 2 aromatic heterocycles.